The van der Waals surface area contributed by atoms with Crippen molar-refractivity contribution in [2.75, 3.05) is 13.6 Å². The summed E-state index contributed by atoms with van der Waals surface area (Å²) in [6.45, 7) is 4.89. The summed E-state index contributed by atoms with van der Waals surface area (Å²) in [5, 5.41) is 0. The first-order valence-electron chi connectivity index (χ1n) is 3.34. The first-order chi connectivity index (χ1) is 4.39. The van der Waals surface area contributed by atoms with Gasteiger partial charge in [0.05, 0.1) is 0 Å². The molecule has 60 valence electrons. The van der Waals surface area contributed by atoms with E-state index in [4.69, 9.17) is 0 Å². The summed E-state index contributed by atoms with van der Waals surface area (Å²) in [6.07, 6.45) is 0. The van der Waals surface area contributed by atoms with Gasteiger partial charge in [-0.1, -0.05) is 0 Å². The van der Waals surface area contributed by atoms with Crippen LogP contribution in [0, 0.1) is 0 Å². The van der Waals surface area contributed by atoms with Gasteiger partial charge >= 0.3 is 0 Å². The molecular formula is C7H14FNO. The molecule has 0 atom stereocenters. The van der Waals surface area contributed by atoms with E-state index >= 15 is 0 Å². The molecule has 0 unspecified atom stereocenters. The molecule has 1 amide bonds. The van der Waals surface area contributed by atoms with Gasteiger partial charge in [-0.2, -0.15) is 0 Å². The number of alkyl halides is 1. The monoisotopic (exact) mass is 147 g/mol. The highest BCUT2D eigenvalue weighted by Gasteiger charge is 2.28. The molecule has 0 bridgehead atoms. The highest BCUT2D eigenvalue weighted by Crippen LogP contribution is 2.10. The third-order valence-electron chi connectivity index (χ3n) is 1.33. The Morgan fingerprint density at radius 1 is 1.60 bits per heavy atom. The number of amides is 1. The van der Waals surface area contributed by atoms with Crippen molar-refractivity contribution in [3.8, 4) is 0 Å². The van der Waals surface area contributed by atoms with Crippen LogP contribution in [0.5, 0.6) is 0 Å². The number of carbonyl (C=O) groups excluding carboxylic acids is 1. The Kier molecular flexibility index (Phi) is 2.81. The van der Waals surface area contributed by atoms with E-state index in [1.54, 1.807) is 7.05 Å². The second-order valence-electron chi connectivity index (χ2n) is 2.79. The molecule has 0 aromatic rings. The standard InChI is InChI=1S/C7H14FNO/c1-5-9(4)6(10)7(2,3)8/h5H2,1-4H3. The fourth-order valence-electron chi connectivity index (χ4n) is 0.597. The van der Waals surface area contributed by atoms with Crippen LogP contribution in [-0.4, -0.2) is 30.1 Å². The second-order valence-corrected chi connectivity index (χ2v) is 2.79. The zero-order valence-corrected chi connectivity index (χ0v) is 6.94. The predicted octanol–water partition coefficient (Wildman–Crippen LogP) is 1.21. The zero-order chi connectivity index (χ0) is 8.36. The predicted molar refractivity (Wildman–Crippen MR) is 38.5 cm³/mol. The molecule has 0 rings (SSSR count). The average Bonchev–Trinajstić information content (AvgIpc) is 1.83. The van der Waals surface area contributed by atoms with Gasteiger partial charge in [-0.25, -0.2) is 4.39 Å². The van der Waals surface area contributed by atoms with E-state index in [1.807, 2.05) is 6.92 Å². The summed E-state index contributed by atoms with van der Waals surface area (Å²) < 4.78 is 12.8. The molecule has 2 nitrogen and oxygen atoms in total. The normalized spacial score (nSPS) is 11.3. The van der Waals surface area contributed by atoms with Crippen molar-refractivity contribution >= 4 is 5.91 Å². The smallest absolute Gasteiger partial charge is 0.259 e. The Hall–Kier alpha value is -0.600. The van der Waals surface area contributed by atoms with Gasteiger partial charge in [0.15, 0.2) is 5.67 Å². The second kappa shape index (κ2) is 2.99. The van der Waals surface area contributed by atoms with E-state index in [-0.39, 0.29) is 0 Å². The maximum absolute atomic E-state index is 12.8. The molecule has 0 spiro atoms. The lowest BCUT2D eigenvalue weighted by molar-refractivity contribution is -0.140. The molecule has 0 aliphatic heterocycles. The van der Waals surface area contributed by atoms with Crippen molar-refractivity contribution in [3.63, 3.8) is 0 Å². The average molecular weight is 147 g/mol. The van der Waals surface area contributed by atoms with E-state index in [9.17, 15) is 9.18 Å². The summed E-state index contributed by atoms with van der Waals surface area (Å²) in [4.78, 5) is 12.3. The fraction of sp³-hybridized carbons (Fsp3) is 0.857. The molecule has 0 N–H and O–H groups in total. The molecule has 0 saturated heterocycles. The molecule has 0 saturated carbocycles. The molecule has 10 heavy (non-hydrogen) atoms. The van der Waals surface area contributed by atoms with Crippen molar-refractivity contribution in [2.24, 2.45) is 0 Å². The first-order valence-corrected chi connectivity index (χ1v) is 3.34. The highest BCUT2D eigenvalue weighted by atomic mass is 19.1. The van der Waals surface area contributed by atoms with Gasteiger partial charge in [-0.3, -0.25) is 4.79 Å². The van der Waals surface area contributed by atoms with Gasteiger partial charge in [0.2, 0.25) is 0 Å². The minimum absolute atomic E-state index is 0.463. The van der Waals surface area contributed by atoms with Crippen LogP contribution in [0.3, 0.4) is 0 Å². The quantitative estimate of drug-likeness (QED) is 0.575. The molecule has 0 heterocycles. The number of carbonyl (C=O) groups is 1. The third-order valence-corrected chi connectivity index (χ3v) is 1.33. The van der Waals surface area contributed by atoms with Crippen LogP contribution in [-0.2, 0) is 4.79 Å². The van der Waals surface area contributed by atoms with Crippen molar-refractivity contribution in [1.29, 1.82) is 0 Å². The Bertz CT molecular complexity index is 128. The van der Waals surface area contributed by atoms with Gasteiger partial charge in [0.1, 0.15) is 0 Å². The minimum Gasteiger partial charge on any atom is -0.343 e. The molecule has 0 fully saturated rings. The Morgan fingerprint density at radius 2 is 2.00 bits per heavy atom. The van der Waals surface area contributed by atoms with Crippen molar-refractivity contribution in [2.45, 2.75) is 26.4 Å². The van der Waals surface area contributed by atoms with Gasteiger partial charge in [0.25, 0.3) is 5.91 Å². The maximum atomic E-state index is 12.8. The lowest BCUT2D eigenvalue weighted by Gasteiger charge is -2.21. The van der Waals surface area contributed by atoms with Crippen LogP contribution in [0.4, 0.5) is 4.39 Å². The van der Waals surface area contributed by atoms with E-state index in [2.05, 4.69) is 0 Å². The van der Waals surface area contributed by atoms with Crippen LogP contribution in [0.2, 0.25) is 0 Å². The van der Waals surface area contributed by atoms with E-state index < -0.39 is 11.6 Å². The highest BCUT2D eigenvalue weighted by molar-refractivity contribution is 5.83. The van der Waals surface area contributed by atoms with E-state index in [0.29, 0.717) is 6.54 Å². The number of hydrogen-bond donors (Lipinski definition) is 0. The van der Waals surface area contributed by atoms with E-state index in [1.165, 1.54) is 18.7 Å². The number of rotatable bonds is 2. The summed E-state index contributed by atoms with van der Waals surface area (Å²) in [5.74, 6) is -0.463. The summed E-state index contributed by atoms with van der Waals surface area (Å²) in [7, 11) is 1.59. The van der Waals surface area contributed by atoms with Crippen LogP contribution in [0.15, 0.2) is 0 Å². The Balaban J connectivity index is 4.09. The van der Waals surface area contributed by atoms with Gasteiger partial charge in [-0.15, -0.1) is 0 Å². The van der Waals surface area contributed by atoms with Crippen LogP contribution >= 0.6 is 0 Å². The Morgan fingerprint density at radius 3 is 2.10 bits per heavy atom. The van der Waals surface area contributed by atoms with Crippen LogP contribution in [0.1, 0.15) is 20.8 Å². The third kappa shape index (κ3) is 2.33. The number of halogens is 1. The number of nitrogens with zero attached hydrogens (tertiary/aromatic N) is 1. The van der Waals surface area contributed by atoms with Crippen molar-refractivity contribution < 1.29 is 9.18 Å². The number of hydrogen-bond acceptors (Lipinski definition) is 1. The summed E-state index contributed by atoms with van der Waals surface area (Å²) in [5.41, 5.74) is -1.73. The van der Waals surface area contributed by atoms with Gasteiger partial charge < -0.3 is 4.90 Å². The molecule has 0 aliphatic rings. The molecule has 0 aliphatic carbocycles. The first kappa shape index (κ1) is 9.40. The van der Waals surface area contributed by atoms with E-state index in [0.717, 1.165) is 0 Å². The zero-order valence-electron chi connectivity index (χ0n) is 6.94. The Labute approximate surface area is 61.0 Å². The minimum atomic E-state index is -1.73. The lowest BCUT2D eigenvalue weighted by Crippen LogP contribution is -2.39. The topological polar surface area (TPSA) is 20.3 Å². The lowest BCUT2D eigenvalue weighted by atomic mass is 10.1. The molecule has 0 aromatic heterocycles. The van der Waals surface area contributed by atoms with Gasteiger partial charge in [0, 0.05) is 13.6 Å². The SMILES string of the molecule is CCN(C)C(=O)C(C)(C)F. The summed E-state index contributed by atoms with van der Waals surface area (Å²) >= 11 is 0. The summed E-state index contributed by atoms with van der Waals surface area (Å²) in [6, 6.07) is 0. The largest absolute Gasteiger partial charge is 0.343 e. The van der Waals surface area contributed by atoms with Gasteiger partial charge in [-0.05, 0) is 20.8 Å². The van der Waals surface area contributed by atoms with Crippen molar-refractivity contribution in [3.05, 3.63) is 0 Å². The maximum Gasteiger partial charge on any atom is 0.259 e. The molecule has 0 radical (unpaired) electrons. The molecule has 0 aromatic carbocycles. The molecule has 3 heteroatoms. The van der Waals surface area contributed by atoms with Crippen molar-refractivity contribution in [1.82, 2.24) is 4.90 Å². The van der Waals surface area contributed by atoms with Crippen LogP contribution in [0.25, 0.3) is 0 Å². The molecular weight excluding hydrogens is 133 g/mol. The fourth-order valence-corrected chi connectivity index (χ4v) is 0.597. The van der Waals surface area contributed by atoms with Crippen LogP contribution < -0.4 is 0 Å².